The summed E-state index contributed by atoms with van der Waals surface area (Å²) in [6.07, 6.45) is 3.40. The van der Waals surface area contributed by atoms with Gasteiger partial charge in [-0.3, -0.25) is 4.90 Å². The fraction of sp³-hybridized carbons (Fsp3) is 0.600. The molecule has 0 heterocycles. The van der Waals surface area contributed by atoms with E-state index in [9.17, 15) is 5.11 Å². The molecule has 0 aliphatic carbocycles. The molecule has 19 heavy (non-hydrogen) atoms. The predicted octanol–water partition coefficient (Wildman–Crippen LogP) is 5.10. The molecule has 0 bridgehead atoms. The number of rotatable bonds is 7. The number of halogens is 2. The monoisotopic (exact) mass is 303 g/mol. The SMILES string of the molecule is CCCCN(Cc1cc(Cl)cc(Cl)c1O)C(C)CC. The van der Waals surface area contributed by atoms with Crippen molar-refractivity contribution in [1.29, 1.82) is 0 Å². The molecular formula is C15H23Cl2NO. The van der Waals surface area contributed by atoms with E-state index < -0.39 is 0 Å². The Morgan fingerprint density at radius 2 is 1.95 bits per heavy atom. The maximum absolute atomic E-state index is 10.0. The molecule has 2 nitrogen and oxygen atoms in total. The van der Waals surface area contributed by atoms with Crippen molar-refractivity contribution in [2.24, 2.45) is 0 Å². The first kappa shape index (κ1) is 16.6. The zero-order chi connectivity index (χ0) is 14.4. The van der Waals surface area contributed by atoms with Gasteiger partial charge in [-0.15, -0.1) is 0 Å². The van der Waals surface area contributed by atoms with Crippen LogP contribution in [0, 0.1) is 0 Å². The van der Waals surface area contributed by atoms with Gasteiger partial charge in [-0.05, 0) is 38.4 Å². The Labute approximate surface area is 126 Å². The third kappa shape index (κ3) is 4.87. The average molecular weight is 304 g/mol. The van der Waals surface area contributed by atoms with Gasteiger partial charge in [0.2, 0.25) is 0 Å². The fourth-order valence-corrected chi connectivity index (χ4v) is 2.57. The Kier molecular flexibility index (Phi) is 6.98. The summed E-state index contributed by atoms with van der Waals surface area (Å²) in [6.45, 7) is 8.27. The highest BCUT2D eigenvalue weighted by molar-refractivity contribution is 6.35. The molecule has 0 aliphatic rings. The molecule has 1 aromatic carbocycles. The van der Waals surface area contributed by atoms with Crippen molar-refractivity contribution in [1.82, 2.24) is 4.90 Å². The van der Waals surface area contributed by atoms with Crippen molar-refractivity contribution in [3.8, 4) is 5.75 Å². The van der Waals surface area contributed by atoms with Crippen LogP contribution in [0.15, 0.2) is 12.1 Å². The third-order valence-electron chi connectivity index (χ3n) is 3.49. The molecular weight excluding hydrogens is 281 g/mol. The van der Waals surface area contributed by atoms with Crippen molar-refractivity contribution < 1.29 is 5.11 Å². The van der Waals surface area contributed by atoms with Gasteiger partial charge < -0.3 is 5.11 Å². The predicted molar refractivity (Wildman–Crippen MR) is 83.2 cm³/mol. The summed E-state index contributed by atoms with van der Waals surface area (Å²) in [6, 6.07) is 3.84. The van der Waals surface area contributed by atoms with Crippen molar-refractivity contribution >= 4 is 23.2 Å². The van der Waals surface area contributed by atoms with Gasteiger partial charge in [-0.1, -0.05) is 43.5 Å². The zero-order valence-corrected chi connectivity index (χ0v) is 13.4. The van der Waals surface area contributed by atoms with Gasteiger partial charge in [0.1, 0.15) is 5.75 Å². The topological polar surface area (TPSA) is 23.5 Å². The van der Waals surface area contributed by atoms with Crippen LogP contribution in [0.1, 0.15) is 45.6 Å². The average Bonchev–Trinajstić information content (AvgIpc) is 2.38. The van der Waals surface area contributed by atoms with E-state index in [-0.39, 0.29) is 5.75 Å². The molecule has 1 atom stereocenters. The van der Waals surface area contributed by atoms with Crippen LogP contribution in [0.5, 0.6) is 5.75 Å². The number of hydrogen-bond donors (Lipinski definition) is 1. The van der Waals surface area contributed by atoms with Crippen LogP contribution in [-0.2, 0) is 6.54 Å². The second kappa shape index (κ2) is 7.98. The molecule has 0 fully saturated rings. The largest absolute Gasteiger partial charge is 0.506 e. The number of aromatic hydroxyl groups is 1. The minimum Gasteiger partial charge on any atom is -0.506 e. The molecule has 108 valence electrons. The van der Waals surface area contributed by atoms with Crippen molar-refractivity contribution in [3.63, 3.8) is 0 Å². The van der Waals surface area contributed by atoms with Crippen molar-refractivity contribution in [2.45, 2.75) is 52.6 Å². The van der Waals surface area contributed by atoms with E-state index in [0.29, 0.717) is 22.6 Å². The molecule has 0 radical (unpaired) electrons. The number of unbranched alkanes of at least 4 members (excludes halogenated alkanes) is 1. The molecule has 4 heteroatoms. The van der Waals surface area contributed by atoms with Crippen molar-refractivity contribution in [2.75, 3.05) is 6.54 Å². The summed E-state index contributed by atoms with van der Waals surface area (Å²) in [5, 5.41) is 10.9. The first-order valence-electron chi connectivity index (χ1n) is 6.90. The molecule has 1 rings (SSSR count). The highest BCUT2D eigenvalue weighted by Crippen LogP contribution is 2.32. The van der Waals surface area contributed by atoms with E-state index in [1.54, 1.807) is 12.1 Å². The Balaban J connectivity index is 2.89. The first-order valence-corrected chi connectivity index (χ1v) is 7.66. The molecule has 0 saturated heterocycles. The summed E-state index contributed by atoms with van der Waals surface area (Å²) < 4.78 is 0. The van der Waals surface area contributed by atoms with Crippen LogP contribution in [0.4, 0.5) is 0 Å². The quantitative estimate of drug-likeness (QED) is 0.757. The highest BCUT2D eigenvalue weighted by atomic mass is 35.5. The second-order valence-corrected chi connectivity index (χ2v) is 5.82. The van der Waals surface area contributed by atoms with E-state index in [1.807, 2.05) is 0 Å². The Morgan fingerprint density at radius 1 is 1.26 bits per heavy atom. The summed E-state index contributed by atoms with van der Waals surface area (Å²) in [7, 11) is 0. The van der Waals surface area contributed by atoms with Gasteiger partial charge in [0.25, 0.3) is 0 Å². The molecule has 1 aromatic rings. The lowest BCUT2D eigenvalue weighted by atomic mass is 10.1. The highest BCUT2D eigenvalue weighted by Gasteiger charge is 2.16. The summed E-state index contributed by atoms with van der Waals surface area (Å²) in [4.78, 5) is 2.37. The van der Waals surface area contributed by atoms with Gasteiger partial charge in [0, 0.05) is 23.2 Å². The molecule has 0 amide bonds. The molecule has 0 aliphatic heterocycles. The van der Waals surface area contributed by atoms with Crippen molar-refractivity contribution in [3.05, 3.63) is 27.7 Å². The Bertz CT molecular complexity index is 409. The van der Waals surface area contributed by atoms with E-state index >= 15 is 0 Å². The minimum absolute atomic E-state index is 0.149. The van der Waals surface area contributed by atoms with Gasteiger partial charge >= 0.3 is 0 Å². The smallest absolute Gasteiger partial charge is 0.138 e. The maximum Gasteiger partial charge on any atom is 0.138 e. The van der Waals surface area contributed by atoms with Crippen LogP contribution in [0.3, 0.4) is 0 Å². The molecule has 1 unspecified atom stereocenters. The van der Waals surface area contributed by atoms with Gasteiger partial charge in [-0.25, -0.2) is 0 Å². The van der Waals surface area contributed by atoms with Gasteiger partial charge in [0.05, 0.1) is 5.02 Å². The maximum atomic E-state index is 10.0. The van der Waals surface area contributed by atoms with Crippen LogP contribution >= 0.6 is 23.2 Å². The number of benzene rings is 1. The minimum atomic E-state index is 0.149. The number of phenolic OH excluding ortho intramolecular Hbond substituents is 1. The number of nitrogens with zero attached hydrogens (tertiary/aromatic N) is 1. The summed E-state index contributed by atoms with van der Waals surface area (Å²) >= 11 is 12.0. The molecule has 1 N–H and O–H groups in total. The standard InChI is InChI=1S/C15H23Cl2NO/c1-4-6-7-18(11(3)5-2)10-12-8-13(16)9-14(17)15(12)19/h8-9,11,19H,4-7,10H2,1-3H3. The molecule has 0 aromatic heterocycles. The fourth-order valence-electron chi connectivity index (χ4n) is 2.03. The molecule has 0 spiro atoms. The van der Waals surface area contributed by atoms with E-state index in [4.69, 9.17) is 23.2 Å². The Morgan fingerprint density at radius 3 is 2.53 bits per heavy atom. The van der Waals surface area contributed by atoms with Gasteiger partial charge in [-0.2, -0.15) is 0 Å². The lowest BCUT2D eigenvalue weighted by molar-refractivity contribution is 0.190. The van der Waals surface area contributed by atoms with Crippen LogP contribution in [-0.4, -0.2) is 22.6 Å². The third-order valence-corrected chi connectivity index (χ3v) is 4.00. The first-order chi connectivity index (χ1) is 8.99. The lowest BCUT2D eigenvalue weighted by Crippen LogP contribution is -2.33. The van der Waals surface area contributed by atoms with E-state index in [2.05, 4.69) is 25.7 Å². The normalized spacial score (nSPS) is 12.9. The number of hydrogen-bond acceptors (Lipinski definition) is 2. The Hall–Kier alpha value is -0.440. The lowest BCUT2D eigenvalue weighted by Gasteiger charge is -2.28. The van der Waals surface area contributed by atoms with Crippen LogP contribution in [0.2, 0.25) is 10.0 Å². The van der Waals surface area contributed by atoms with E-state index in [1.165, 1.54) is 0 Å². The van der Waals surface area contributed by atoms with E-state index in [0.717, 1.165) is 31.4 Å². The zero-order valence-electron chi connectivity index (χ0n) is 11.9. The summed E-state index contributed by atoms with van der Waals surface area (Å²) in [5.74, 6) is 0.149. The van der Waals surface area contributed by atoms with Gasteiger partial charge in [0.15, 0.2) is 0 Å². The second-order valence-electron chi connectivity index (χ2n) is 4.98. The molecule has 0 saturated carbocycles. The number of phenols is 1. The van der Waals surface area contributed by atoms with Crippen LogP contribution in [0.25, 0.3) is 0 Å². The van der Waals surface area contributed by atoms with Crippen LogP contribution < -0.4 is 0 Å². The summed E-state index contributed by atoms with van der Waals surface area (Å²) in [5.41, 5.74) is 0.800.